The zero-order chi connectivity index (χ0) is 13.2. The predicted molar refractivity (Wildman–Crippen MR) is 66.9 cm³/mol. The second-order valence-electron chi connectivity index (χ2n) is 4.54. The van der Waals surface area contributed by atoms with Crippen LogP contribution in [-0.2, 0) is 20.4 Å². The van der Waals surface area contributed by atoms with Crippen molar-refractivity contribution < 1.29 is 13.8 Å². The summed E-state index contributed by atoms with van der Waals surface area (Å²) in [5.41, 5.74) is 0. The van der Waals surface area contributed by atoms with Crippen molar-refractivity contribution in [3.05, 3.63) is 0 Å². The van der Waals surface area contributed by atoms with Gasteiger partial charge >= 0.3 is 0 Å². The summed E-state index contributed by atoms with van der Waals surface area (Å²) in [5, 5.41) is 2.67. The Bertz CT molecular complexity index is 346. The van der Waals surface area contributed by atoms with Gasteiger partial charge in [0, 0.05) is 28.9 Å². The number of hydrogen-bond acceptors (Lipinski definition) is 3. The number of amides is 2. The van der Waals surface area contributed by atoms with E-state index in [1.807, 2.05) is 6.92 Å². The molecule has 17 heavy (non-hydrogen) atoms. The zero-order valence-corrected chi connectivity index (χ0v) is 11.5. The van der Waals surface area contributed by atoms with Gasteiger partial charge in [-0.05, 0) is 20.3 Å². The lowest BCUT2D eigenvalue weighted by Crippen LogP contribution is -2.61. The third-order valence-electron chi connectivity index (χ3n) is 3.20. The van der Waals surface area contributed by atoms with E-state index < -0.39 is 22.9 Å². The molecule has 1 N–H and O–H groups in total. The number of carbonyl (C=O) groups excluding carboxylic acids is 2. The molecule has 4 unspecified atom stereocenters. The Morgan fingerprint density at radius 1 is 1.41 bits per heavy atom. The maximum atomic E-state index is 11.9. The van der Waals surface area contributed by atoms with Gasteiger partial charge in [0.15, 0.2) is 0 Å². The molecule has 1 aliphatic rings. The lowest BCUT2D eigenvalue weighted by atomic mass is 10.1. The Morgan fingerprint density at radius 3 is 2.53 bits per heavy atom. The SMILES string of the molecule is CC1NC(=O)C(C)N(CCC(C)S(C)=O)C1=O. The van der Waals surface area contributed by atoms with E-state index in [9.17, 15) is 13.8 Å². The van der Waals surface area contributed by atoms with E-state index in [1.54, 1.807) is 25.0 Å². The topological polar surface area (TPSA) is 66.5 Å². The predicted octanol–water partition coefficient (Wildman–Crippen LogP) is -0.121. The molecular formula is C11H20N2O3S. The van der Waals surface area contributed by atoms with Crippen LogP contribution in [0.1, 0.15) is 27.2 Å². The minimum absolute atomic E-state index is 0.0373. The maximum Gasteiger partial charge on any atom is 0.245 e. The average molecular weight is 260 g/mol. The number of piperazine rings is 1. The van der Waals surface area contributed by atoms with Gasteiger partial charge in [0.1, 0.15) is 12.1 Å². The summed E-state index contributed by atoms with van der Waals surface area (Å²) < 4.78 is 11.2. The minimum atomic E-state index is -0.893. The first-order valence-corrected chi connectivity index (χ1v) is 7.39. The van der Waals surface area contributed by atoms with Crippen molar-refractivity contribution in [1.82, 2.24) is 10.2 Å². The van der Waals surface area contributed by atoms with Gasteiger partial charge in [0.2, 0.25) is 11.8 Å². The van der Waals surface area contributed by atoms with Crippen LogP contribution in [0.3, 0.4) is 0 Å². The molecule has 1 rings (SSSR count). The molecule has 6 heteroatoms. The van der Waals surface area contributed by atoms with Gasteiger partial charge in [0.05, 0.1) is 0 Å². The quantitative estimate of drug-likeness (QED) is 0.766. The highest BCUT2D eigenvalue weighted by Crippen LogP contribution is 2.12. The summed E-state index contributed by atoms with van der Waals surface area (Å²) in [7, 11) is -0.893. The number of nitrogens with one attached hydrogen (secondary N) is 1. The van der Waals surface area contributed by atoms with E-state index in [1.165, 1.54) is 0 Å². The van der Waals surface area contributed by atoms with Crippen molar-refractivity contribution in [3.63, 3.8) is 0 Å². The fourth-order valence-corrected chi connectivity index (χ4v) is 2.20. The van der Waals surface area contributed by atoms with Crippen LogP contribution in [0.4, 0.5) is 0 Å². The van der Waals surface area contributed by atoms with Crippen LogP contribution in [-0.4, -0.2) is 51.1 Å². The average Bonchev–Trinajstić information content (AvgIpc) is 2.26. The van der Waals surface area contributed by atoms with Gasteiger partial charge in [-0.3, -0.25) is 13.8 Å². The normalized spacial score (nSPS) is 28.8. The number of hydrogen-bond donors (Lipinski definition) is 1. The summed E-state index contributed by atoms with van der Waals surface area (Å²) in [5.74, 6) is -0.187. The van der Waals surface area contributed by atoms with Crippen LogP contribution in [0.2, 0.25) is 0 Å². The first-order valence-electron chi connectivity index (χ1n) is 5.77. The fraction of sp³-hybridized carbons (Fsp3) is 0.818. The first kappa shape index (κ1) is 14.2. The molecule has 0 radical (unpaired) electrons. The maximum absolute atomic E-state index is 11.9. The third kappa shape index (κ3) is 3.28. The molecule has 0 aromatic carbocycles. The summed E-state index contributed by atoms with van der Waals surface area (Å²) in [6.07, 6.45) is 2.31. The Labute approximate surface area is 104 Å². The van der Waals surface area contributed by atoms with E-state index in [0.717, 1.165) is 0 Å². The molecule has 1 heterocycles. The molecule has 0 aromatic rings. The van der Waals surface area contributed by atoms with Gasteiger partial charge in [-0.2, -0.15) is 0 Å². The summed E-state index contributed by atoms with van der Waals surface area (Å²) in [6.45, 7) is 5.77. The number of carbonyl (C=O) groups is 2. The molecule has 0 saturated carbocycles. The van der Waals surface area contributed by atoms with E-state index in [4.69, 9.17) is 0 Å². The highest BCUT2D eigenvalue weighted by Gasteiger charge is 2.35. The van der Waals surface area contributed by atoms with E-state index in [2.05, 4.69) is 5.32 Å². The van der Waals surface area contributed by atoms with Gasteiger partial charge in [-0.25, -0.2) is 0 Å². The molecule has 0 aromatic heterocycles. The number of rotatable bonds is 4. The van der Waals surface area contributed by atoms with Crippen LogP contribution >= 0.6 is 0 Å². The lowest BCUT2D eigenvalue weighted by Gasteiger charge is -2.36. The van der Waals surface area contributed by atoms with Crippen LogP contribution in [0.5, 0.6) is 0 Å². The fourth-order valence-electron chi connectivity index (χ4n) is 1.77. The summed E-state index contributed by atoms with van der Waals surface area (Å²) >= 11 is 0. The van der Waals surface area contributed by atoms with Gasteiger partial charge in [-0.1, -0.05) is 6.92 Å². The highest BCUT2D eigenvalue weighted by atomic mass is 32.2. The van der Waals surface area contributed by atoms with Crippen molar-refractivity contribution >= 4 is 22.6 Å². The second kappa shape index (κ2) is 5.62. The Balaban J connectivity index is 2.64. The van der Waals surface area contributed by atoms with Crippen molar-refractivity contribution in [2.45, 2.75) is 44.5 Å². The Hall–Kier alpha value is -0.910. The Morgan fingerprint density at radius 2 is 2.00 bits per heavy atom. The Kier molecular flexibility index (Phi) is 4.68. The molecule has 0 spiro atoms. The van der Waals surface area contributed by atoms with Crippen molar-refractivity contribution in [2.24, 2.45) is 0 Å². The molecule has 1 saturated heterocycles. The molecule has 2 amide bonds. The molecule has 98 valence electrons. The smallest absolute Gasteiger partial charge is 0.245 e. The van der Waals surface area contributed by atoms with E-state index in [0.29, 0.717) is 13.0 Å². The molecule has 0 bridgehead atoms. The molecule has 1 aliphatic heterocycles. The van der Waals surface area contributed by atoms with Gasteiger partial charge in [0.25, 0.3) is 0 Å². The van der Waals surface area contributed by atoms with Gasteiger partial charge in [-0.15, -0.1) is 0 Å². The molecule has 0 aliphatic carbocycles. The number of nitrogens with zero attached hydrogens (tertiary/aromatic N) is 1. The standard InChI is InChI=1S/C11H20N2O3S/c1-7(17(4)16)5-6-13-9(3)10(14)12-8(2)11(13)15/h7-9H,5-6H2,1-4H3,(H,12,14). The molecular weight excluding hydrogens is 240 g/mol. The van der Waals surface area contributed by atoms with Crippen molar-refractivity contribution in [2.75, 3.05) is 12.8 Å². The van der Waals surface area contributed by atoms with E-state index >= 15 is 0 Å². The summed E-state index contributed by atoms with van der Waals surface area (Å²) in [6, 6.07) is -0.891. The zero-order valence-electron chi connectivity index (χ0n) is 10.7. The van der Waals surface area contributed by atoms with Crippen LogP contribution < -0.4 is 5.32 Å². The minimum Gasteiger partial charge on any atom is -0.343 e. The summed E-state index contributed by atoms with van der Waals surface area (Å²) in [4.78, 5) is 25.0. The first-order chi connectivity index (χ1) is 7.84. The molecule has 4 atom stereocenters. The van der Waals surface area contributed by atoms with Crippen LogP contribution in [0.25, 0.3) is 0 Å². The monoisotopic (exact) mass is 260 g/mol. The highest BCUT2D eigenvalue weighted by molar-refractivity contribution is 7.84. The molecule has 1 fully saturated rings. The third-order valence-corrected chi connectivity index (χ3v) is 4.57. The van der Waals surface area contributed by atoms with Crippen LogP contribution in [0, 0.1) is 0 Å². The largest absolute Gasteiger partial charge is 0.343 e. The molecule has 5 nitrogen and oxygen atoms in total. The lowest BCUT2D eigenvalue weighted by molar-refractivity contribution is -0.148. The van der Waals surface area contributed by atoms with Crippen molar-refractivity contribution in [1.29, 1.82) is 0 Å². The van der Waals surface area contributed by atoms with Crippen LogP contribution in [0.15, 0.2) is 0 Å². The van der Waals surface area contributed by atoms with Crippen molar-refractivity contribution in [3.8, 4) is 0 Å². The second-order valence-corrected chi connectivity index (χ2v) is 6.34. The van der Waals surface area contributed by atoms with Gasteiger partial charge < -0.3 is 10.2 Å². The van der Waals surface area contributed by atoms with E-state index in [-0.39, 0.29) is 17.1 Å².